The summed E-state index contributed by atoms with van der Waals surface area (Å²) in [6.45, 7) is 2.83. The summed E-state index contributed by atoms with van der Waals surface area (Å²) in [4.78, 5) is 0. The van der Waals surface area contributed by atoms with Crippen molar-refractivity contribution >= 4 is 0 Å². The van der Waals surface area contributed by atoms with Gasteiger partial charge in [0, 0.05) is 12.0 Å². The second-order valence-electron chi connectivity index (χ2n) is 5.19. The number of ether oxygens (including phenoxy) is 2. The van der Waals surface area contributed by atoms with Crippen molar-refractivity contribution in [1.29, 1.82) is 0 Å². The Morgan fingerprint density at radius 3 is 2.85 bits per heavy atom. The molecule has 1 atom stereocenters. The number of fused-ring (bicyclic) bond motifs is 1. The maximum Gasteiger partial charge on any atom is 0.123 e. The van der Waals surface area contributed by atoms with Gasteiger partial charge in [-0.2, -0.15) is 0 Å². The molecule has 0 aliphatic carbocycles. The molecule has 0 spiro atoms. The Hall–Kier alpha value is -2.00. The quantitative estimate of drug-likeness (QED) is 0.931. The molecule has 0 fully saturated rings. The van der Waals surface area contributed by atoms with Crippen LogP contribution in [0, 0.1) is 6.92 Å². The number of rotatable bonds is 3. The van der Waals surface area contributed by atoms with Gasteiger partial charge in [0.25, 0.3) is 0 Å². The zero-order valence-corrected chi connectivity index (χ0v) is 11.8. The highest BCUT2D eigenvalue weighted by Gasteiger charge is 2.18. The van der Waals surface area contributed by atoms with Crippen LogP contribution in [-0.4, -0.2) is 13.7 Å². The van der Waals surface area contributed by atoms with Crippen molar-refractivity contribution in [3.63, 3.8) is 0 Å². The zero-order chi connectivity index (χ0) is 14.1. The minimum Gasteiger partial charge on any atom is -0.496 e. The van der Waals surface area contributed by atoms with Crippen LogP contribution < -0.4 is 15.2 Å². The highest BCUT2D eigenvalue weighted by Crippen LogP contribution is 2.33. The summed E-state index contributed by atoms with van der Waals surface area (Å²) in [6, 6.07) is 12.1. The van der Waals surface area contributed by atoms with Crippen LogP contribution >= 0.6 is 0 Å². The van der Waals surface area contributed by atoms with Gasteiger partial charge in [0.1, 0.15) is 11.5 Å². The predicted molar refractivity (Wildman–Crippen MR) is 79.4 cm³/mol. The Bertz CT molecular complexity index is 637. The number of aryl methyl sites for hydroxylation is 1. The van der Waals surface area contributed by atoms with E-state index < -0.39 is 0 Å². The predicted octanol–water partition coefficient (Wildman–Crippen LogP) is 2.99. The SMILES string of the molecule is COc1ccc(C)cc1C(N)c1ccc2c(c1)CCO2. The van der Waals surface area contributed by atoms with Crippen LogP contribution in [0.5, 0.6) is 11.5 Å². The molecule has 0 saturated heterocycles. The third kappa shape index (κ3) is 2.25. The molecule has 20 heavy (non-hydrogen) atoms. The second-order valence-corrected chi connectivity index (χ2v) is 5.19. The maximum atomic E-state index is 6.43. The first-order chi connectivity index (χ1) is 9.69. The lowest BCUT2D eigenvalue weighted by Crippen LogP contribution is -2.13. The highest BCUT2D eigenvalue weighted by molar-refractivity contribution is 5.47. The van der Waals surface area contributed by atoms with Crippen LogP contribution in [-0.2, 0) is 6.42 Å². The summed E-state index contributed by atoms with van der Waals surface area (Å²) in [6.07, 6.45) is 0.959. The van der Waals surface area contributed by atoms with Crippen molar-refractivity contribution in [2.75, 3.05) is 13.7 Å². The summed E-state index contributed by atoms with van der Waals surface area (Å²) in [5.74, 6) is 1.82. The molecule has 1 aliphatic rings. The van der Waals surface area contributed by atoms with E-state index in [9.17, 15) is 0 Å². The Morgan fingerprint density at radius 1 is 1.20 bits per heavy atom. The van der Waals surface area contributed by atoms with Crippen molar-refractivity contribution in [2.24, 2.45) is 5.73 Å². The minimum atomic E-state index is -0.184. The second kappa shape index (κ2) is 5.17. The van der Waals surface area contributed by atoms with E-state index in [-0.39, 0.29) is 6.04 Å². The average molecular weight is 269 g/mol. The summed E-state index contributed by atoms with van der Waals surface area (Å²) in [7, 11) is 1.68. The lowest BCUT2D eigenvalue weighted by molar-refractivity contribution is 0.357. The minimum absolute atomic E-state index is 0.184. The van der Waals surface area contributed by atoms with E-state index in [2.05, 4.69) is 19.1 Å². The Kier molecular flexibility index (Phi) is 3.36. The topological polar surface area (TPSA) is 44.5 Å². The Morgan fingerprint density at radius 2 is 2.05 bits per heavy atom. The lowest BCUT2D eigenvalue weighted by atomic mass is 9.95. The molecule has 2 aromatic carbocycles. The van der Waals surface area contributed by atoms with Gasteiger partial charge in [-0.1, -0.05) is 29.8 Å². The standard InChI is InChI=1S/C17H19NO2/c1-11-3-5-16(19-2)14(9-11)17(18)13-4-6-15-12(10-13)7-8-20-15/h3-6,9-10,17H,7-8,18H2,1-2H3. The first kappa shape index (κ1) is 13.0. The molecular formula is C17H19NO2. The number of hydrogen-bond donors (Lipinski definition) is 1. The third-order valence-electron chi connectivity index (χ3n) is 3.79. The van der Waals surface area contributed by atoms with Gasteiger partial charge in [0.2, 0.25) is 0 Å². The van der Waals surface area contributed by atoms with E-state index in [1.807, 2.05) is 24.3 Å². The molecule has 1 aliphatic heterocycles. The van der Waals surface area contributed by atoms with E-state index in [0.717, 1.165) is 35.7 Å². The van der Waals surface area contributed by atoms with E-state index >= 15 is 0 Å². The fourth-order valence-electron chi connectivity index (χ4n) is 2.68. The van der Waals surface area contributed by atoms with Crippen molar-refractivity contribution in [3.05, 3.63) is 58.7 Å². The van der Waals surface area contributed by atoms with Crippen molar-refractivity contribution in [3.8, 4) is 11.5 Å². The molecule has 3 rings (SSSR count). The number of nitrogens with two attached hydrogens (primary N) is 1. The third-order valence-corrected chi connectivity index (χ3v) is 3.79. The van der Waals surface area contributed by atoms with Crippen molar-refractivity contribution in [1.82, 2.24) is 0 Å². The van der Waals surface area contributed by atoms with E-state index in [1.54, 1.807) is 7.11 Å². The number of methoxy groups -OCH3 is 1. The molecule has 104 valence electrons. The molecule has 3 heteroatoms. The Balaban J connectivity index is 2.00. The van der Waals surface area contributed by atoms with Crippen LogP contribution in [0.2, 0.25) is 0 Å². The molecule has 0 saturated carbocycles. The van der Waals surface area contributed by atoms with Gasteiger partial charge in [-0.3, -0.25) is 0 Å². The number of hydrogen-bond acceptors (Lipinski definition) is 3. The molecule has 2 aromatic rings. The van der Waals surface area contributed by atoms with Crippen LogP contribution in [0.1, 0.15) is 28.3 Å². The van der Waals surface area contributed by atoms with Gasteiger partial charge in [0.05, 0.1) is 19.8 Å². The fraction of sp³-hybridized carbons (Fsp3) is 0.294. The molecule has 0 bridgehead atoms. The first-order valence-corrected chi connectivity index (χ1v) is 6.85. The summed E-state index contributed by atoms with van der Waals surface area (Å²) < 4.78 is 11.0. The molecule has 0 amide bonds. The van der Waals surface area contributed by atoms with Gasteiger partial charge in [0.15, 0.2) is 0 Å². The highest BCUT2D eigenvalue weighted by atomic mass is 16.5. The van der Waals surface area contributed by atoms with Crippen molar-refractivity contribution < 1.29 is 9.47 Å². The van der Waals surface area contributed by atoms with Gasteiger partial charge in [-0.05, 0) is 30.2 Å². The molecule has 3 nitrogen and oxygen atoms in total. The molecule has 2 N–H and O–H groups in total. The van der Waals surface area contributed by atoms with Crippen LogP contribution in [0.3, 0.4) is 0 Å². The summed E-state index contributed by atoms with van der Waals surface area (Å²) in [5, 5.41) is 0. The van der Waals surface area contributed by atoms with E-state index in [0.29, 0.717) is 0 Å². The molecule has 1 heterocycles. The van der Waals surface area contributed by atoms with E-state index in [4.69, 9.17) is 15.2 Å². The van der Waals surface area contributed by atoms with Gasteiger partial charge in [-0.25, -0.2) is 0 Å². The van der Waals surface area contributed by atoms with Crippen LogP contribution in [0.4, 0.5) is 0 Å². The molecular weight excluding hydrogens is 250 g/mol. The number of benzene rings is 2. The van der Waals surface area contributed by atoms with Gasteiger partial charge >= 0.3 is 0 Å². The fourth-order valence-corrected chi connectivity index (χ4v) is 2.68. The monoisotopic (exact) mass is 269 g/mol. The average Bonchev–Trinajstić information content (AvgIpc) is 2.93. The molecule has 0 radical (unpaired) electrons. The zero-order valence-electron chi connectivity index (χ0n) is 11.8. The largest absolute Gasteiger partial charge is 0.496 e. The maximum absolute atomic E-state index is 6.43. The molecule has 0 aromatic heterocycles. The first-order valence-electron chi connectivity index (χ1n) is 6.85. The van der Waals surface area contributed by atoms with E-state index in [1.165, 1.54) is 11.1 Å². The van der Waals surface area contributed by atoms with Crippen molar-refractivity contribution in [2.45, 2.75) is 19.4 Å². The Labute approximate surface area is 119 Å². The lowest BCUT2D eigenvalue weighted by Gasteiger charge is -2.17. The smallest absolute Gasteiger partial charge is 0.123 e. The van der Waals surface area contributed by atoms with Gasteiger partial charge in [-0.15, -0.1) is 0 Å². The summed E-state index contributed by atoms with van der Waals surface area (Å²) in [5.41, 5.74) is 11.0. The van der Waals surface area contributed by atoms with Crippen LogP contribution in [0.15, 0.2) is 36.4 Å². The normalized spacial score (nSPS) is 14.6. The van der Waals surface area contributed by atoms with Gasteiger partial charge < -0.3 is 15.2 Å². The van der Waals surface area contributed by atoms with Crippen LogP contribution in [0.25, 0.3) is 0 Å². The molecule has 1 unspecified atom stereocenters. The summed E-state index contributed by atoms with van der Waals surface area (Å²) >= 11 is 0.